The van der Waals surface area contributed by atoms with E-state index >= 15 is 0 Å². The first-order chi connectivity index (χ1) is 13.6. The van der Waals surface area contributed by atoms with Crippen molar-refractivity contribution in [3.63, 3.8) is 0 Å². The van der Waals surface area contributed by atoms with Crippen LogP contribution in [0.5, 0.6) is 11.5 Å². The third-order valence-corrected chi connectivity index (χ3v) is 7.38. The lowest BCUT2D eigenvalue weighted by Crippen LogP contribution is -2.15. The third kappa shape index (κ3) is 4.20. The minimum absolute atomic E-state index is 0.0157. The summed E-state index contributed by atoms with van der Waals surface area (Å²) < 4.78 is 58.4. The van der Waals surface area contributed by atoms with Crippen molar-refractivity contribution < 1.29 is 26.7 Å². The molecule has 0 amide bonds. The molecular formula is C20H18NO6S2-. The highest BCUT2D eigenvalue weighted by Gasteiger charge is 2.22. The number of sulfonamides is 1. The standard InChI is InChI=1S/C20H19NO6S2/c1-14-12-15(21-29(25,26)18-6-4-3-5-7-18)13-19(20(14)22)28(23,24)17-10-8-16(27-2)9-11-17/h3-13,21-22H,1-2H3/p-1. The van der Waals surface area contributed by atoms with Crippen LogP contribution >= 0.6 is 0 Å². The number of methoxy groups -OCH3 is 1. The van der Waals surface area contributed by atoms with Gasteiger partial charge >= 0.3 is 0 Å². The number of benzene rings is 3. The number of sulfone groups is 1. The summed E-state index contributed by atoms with van der Waals surface area (Å²) in [5.74, 6) is -0.227. The Labute approximate surface area is 169 Å². The molecule has 0 atom stereocenters. The molecule has 0 radical (unpaired) electrons. The predicted molar refractivity (Wildman–Crippen MR) is 106 cm³/mol. The minimum Gasteiger partial charge on any atom is -0.871 e. The van der Waals surface area contributed by atoms with Gasteiger partial charge in [0, 0.05) is 0 Å². The maximum Gasteiger partial charge on any atom is 0.261 e. The first-order valence-corrected chi connectivity index (χ1v) is 11.4. The highest BCUT2D eigenvalue weighted by molar-refractivity contribution is 7.92. The summed E-state index contributed by atoms with van der Waals surface area (Å²) in [4.78, 5) is -0.588. The Bertz CT molecular complexity index is 1240. The lowest BCUT2D eigenvalue weighted by Gasteiger charge is -2.19. The molecule has 3 aromatic rings. The smallest absolute Gasteiger partial charge is 0.261 e. The van der Waals surface area contributed by atoms with E-state index in [0.29, 0.717) is 5.75 Å². The second-order valence-corrected chi connectivity index (χ2v) is 9.82. The zero-order valence-electron chi connectivity index (χ0n) is 15.6. The topological polar surface area (TPSA) is 113 Å². The van der Waals surface area contributed by atoms with Crippen molar-refractivity contribution >= 4 is 25.5 Å². The molecule has 0 aliphatic carbocycles. The Morgan fingerprint density at radius 2 is 1.48 bits per heavy atom. The van der Waals surface area contributed by atoms with Crippen molar-refractivity contribution in [3.05, 3.63) is 72.3 Å². The number of hydrogen-bond donors (Lipinski definition) is 1. The summed E-state index contributed by atoms with van der Waals surface area (Å²) >= 11 is 0. The Morgan fingerprint density at radius 3 is 2.07 bits per heavy atom. The number of aryl methyl sites for hydroxylation is 1. The van der Waals surface area contributed by atoms with E-state index in [1.165, 1.54) is 56.5 Å². The molecule has 0 spiro atoms. The molecule has 0 saturated heterocycles. The molecule has 0 bridgehead atoms. The van der Waals surface area contributed by atoms with Crippen molar-refractivity contribution in [3.8, 4) is 11.5 Å². The van der Waals surface area contributed by atoms with Gasteiger partial charge in [-0.05, 0) is 55.5 Å². The van der Waals surface area contributed by atoms with E-state index in [1.54, 1.807) is 18.2 Å². The number of ether oxygens (including phenoxy) is 1. The van der Waals surface area contributed by atoms with Crippen LogP contribution in [0.3, 0.4) is 0 Å². The number of hydrogen-bond acceptors (Lipinski definition) is 6. The SMILES string of the molecule is COc1ccc(S(=O)(=O)c2cc(NS(=O)(=O)c3ccccc3)cc(C)c2[O-])cc1. The van der Waals surface area contributed by atoms with E-state index in [-0.39, 0.29) is 21.0 Å². The summed E-state index contributed by atoms with van der Waals surface area (Å²) in [5, 5.41) is 12.5. The summed E-state index contributed by atoms with van der Waals surface area (Å²) in [6, 6.07) is 15.5. The van der Waals surface area contributed by atoms with Crippen LogP contribution < -0.4 is 14.6 Å². The van der Waals surface area contributed by atoms with Crippen molar-refractivity contribution in [1.29, 1.82) is 0 Å². The van der Waals surface area contributed by atoms with Gasteiger partial charge in [0.15, 0.2) is 0 Å². The molecule has 0 aliphatic heterocycles. The largest absolute Gasteiger partial charge is 0.871 e. The summed E-state index contributed by atoms with van der Waals surface area (Å²) in [7, 11) is -6.66. The highest BCUT2D eigenvalue weighted by Crippen LogP contribution is 2.33. The Balaban J connectivity index is 2.06. The molecule has 3 rings (SSSR count). The summed E-state index contributed by atoms with van der Waals surface area (Å²) in [6.07, 6.45) is 0. The van der Waals surface area contributed by atoms with Gasteiger partial charge in [-0.2, -0.15) is 0 Å². The van der Waals surface area contributed by atoms with E-state index in [9.17, 15) is 21.9 Å². The minimum atomic E-state index is -4.16. The summed E-state index contributed by atoms with van der Waals surface area (Å²) in [6.45, 7) is 1.43. The Morgan fingerprint density at radius 1 is 0.862 bits per heavy atom. The van der Waals surface area contributed by atoms with Gasteiger partial charge in [-0.1, -0.05) is 29.5 Å². The predicted octanol–water partition coefficient (Wildman–Crippen LogP) is 2.71. The van der Waals surface area contributed by atoms with Gasteiger partial charge in [0.2, 0.25) is 9.84 Å². The van der Waals surface area contributed by atoms with Crippen LogP contribution in [0.4, 0.5) is 5.69 Å². The first kappa shape index (κ1) is 20.7. The molecule has 0 unspecified atom stereocenters. The number of anilines is 1. The van der Waals surface area contributed by atoms with Gasteiger partial charge in [0.1, 0.15) is 5.75 Å². The molecule has 152 valence electrons. The van der Waals surface area contributed by atoms with E-state index in [1.807, 2.05) is 0 Å². The van der Waals surface area contributed by atoms with Crippen molar-refractivity contribution in [2.45, 2.75) is 21.6 Å². The van der Waals surface area contributed by atoms with Crippen LogP contribution in [-0.4, -0.2) is 23.9 Å². The van der Waals surface area contributed by atoms with Gasteiger partial charge in [0.25, 0.3) is 10.0 Å². The molecule has 9 heteroatoms. The average molecular weight is 432 g/mol. The first-order valence-electron chi connectivity index (χ1n) is 8.44. The van der Waals surface area contributed by atoms with Gasteiger partial charge in [-0.25, -0.2) is 16.8 Å². The van der Waals surface area contributed by atoms with Gasteiger partial charge in [-0.15, -0.1) is 0 Å². The number of nitrogens with one attached hydrogen (secondary N) is 1. The molecule has 0 fully saturated rings. The second-order valence-electron chi connectivity index (χ2n) is 6.22. The molecule has 3 aromatic carbocycles. The third-order valence-electron chi connectivity index (χ3n) is 4.21. The zero-order chi connectivity index (χ0) is 21.2. The summed E-state index contributed by atoms with van der Waals surface area (Å²) in [5.41, 5.74) is 0.0865. The van der Waals surface area contributed by atoms with E-state index in [4.69, 9.17) is 4.74 Å². The number of rotatable bonds is 6. The molecule has 29 heavy (non-hydrogen) atoms. The fourth-order valence-electron chi connectivity index (χ4n) is 2.70. The van der Waals surface area contributed by atoms with Crippen LogP contribution in [0.25, 0.3) is 0 Å². The van der Waals surface area contributed by atoms with Crippen molar-refractivity contribution in [1.82, 2.24) is 0 Å². The van der Waals surface area contributed by atoms with Crippen LogP contribution in [0, 0.1) is 6.92 Å². The van der Waals surface area contributed by atoms with E-state index in [2.05, 4.69) is 4.72 Å². The van der Waals surface area contributed by atoms with Crippen LogP contribution in [0.2, 0.25) is 0 Å². The van der Waals surface area contributed by atoms with E-state index in [0.717, 1.165) is 6.07 Å². The van der Waals surface area contributed by atoms with Crippen LogP contribution in [0.15, 0.2) is 81.4 Å². The molecule has 0 saturated carbocycles. The maximum atomic E-state index is 13.0. The Hall–Kier alpha value is -3.04. The lowest BCUT2D eigenvalue weighted by molar-refractivity contribution is -0.273. The zero-order valence-corrected chi connectivity index (χ0v) is 17.2. The normalized spacial score (nSPS) is 11.8. The second kappa shape index (κ2) is 7.76. The monoisotopic (exact) mass is 432 g/mol. The Kier molecular flexibility index (Phi) is 5.54. The molecule has 1 N–H and O–H groups in total. The van der Waals surface area contributed by atoms with E-state index < -0.39 is 30.5 Å². The maximum absolute atomic E-state index is 13.0. The average Bonchev–Trinajstić information content (AvgIpc) is 2.71. The molecule has 0 aromatic heterocycles. The highest BCUT2D eigenvalue weighted by atomic mass is 32.2. The lowest BCUT2D eigenvalue weighted by atomic mass is 10.2. The van der Waals surface area contributed by atoms with Gasteiger partial charge in [0.05, 0.1) is 27.5 Å². The van der Waals surface area contributed by atoms with Gasteiger partial charge < -0.3 is 9.84 Å². The quantitative estimate of drug-likeness (QED) is 0.641. The van der Waals surface area contributed by atoms with Crippen LogP contribution in [0.1, 0.15) is 5.56 Å². The van der Waals surface area contributed by atoms with Crippen LogP contribution in [-0.2, 0) is 19.9 Å². The van der Waals surface area contributed by atoms with Crippen molar-refractivity contribution in [2.75, 3.05) is 11.8 Å². The molecule has 0 heterocycles. The fraction of sp³-hybridized carbons (Fsp3) is 0.100. The molecule has 0 aliphatic rings. The molecular weight excluding hydrogens is 414 g/mol. The molecule has 7 nitrogen and oxygen atoms in total. The fourth-order valence-corrected chi connectivity index (χ4v) is 5.19. The van der Waals surface area contributed by atoms with Gasteiger partial charge in [-0.3, -0.25) is 4.72 Å². The van der Waals surface area contributed by atoms with Crippen molar-refractivity contribution in [2.24, 2.45) is 0 Å².